The second-order valence-corrected chi connectivity index (χ2v) is 5.26. The Morgan fingerprint density at radius 1 is 1.12 bits per heavy atom. The van der Waals surface area contributed by atoms with E-state index < -0.39 is 0 Å². The lowest BCUT2D eigenvalue weighted by Gasteiger charge is -2.11. The number of ether oxygens (including phenoxy) is 2. The summed E-state index contributed by atoms with van der Waals surface area (Å²) in [7, 11) is 3.15. The summed E-state index contributed by atoms with van der Waals surface area (Å²) in [5.74, 6) is 2.10. The first kappa shape index (κ1) is 17.3. The number of amides is 1. The molecule has 0 atom stereocenters. The highest BCUT2D eigenvalue weighted by Gasteiger charge is 2.10. The Balaban J connectivity index is 1.65. The van der Waals surface area contributed by atoms with E-state index in [1.54, 1.807) is 56.9 Å². The highest BCUT2D eigenvalue weighted by molar-refractivity contribution is 5.92. The summed E-state index contributed by atoms with van der Waals surface area (Å²) in [6.07, 6.45) is 1.55. The van der Waals surface area contributed by atoms with Gasteiger partial charge in [0.1, 0.15) is 17.3 Å². The fraction of sp³-hybridized carbons (Fsp3) is 0.167. The van der Waals surface area contributed by atoms with Crippen molar-refractivity contribution >= 4 is 17.4 Å². The lowest BCUT2D eigenvalue weighted by atomic mass is 10.2. The molecule has 0 spiro atoms. The molecule has 0 saturated heterocycles. The molecule has 2 aromatic heterocycles. The van der Waals surface area contributed by atoms with Gasteiger partial charge < -0.3 is 24.5 Å². The molecule has 1 aromatic carbocycles. The van der Waals surface area contributed by atoms with Gasteiger partial charge in [0.05, 0.1) is 32.7 Å². The second kappa shape index (κ2) is 8.02. The molecular formula is C18H18N4O4. The van der Waals surface area contributed by atoms with Gasteiger partial charge in [0.15, 0.2) is 11.5 Å². The first-order valence-electron chi connectivity index (χ1n) is 7.83. The highest BCUT2D eigenvalue weighted by atomic mass is 16.5. The topological polar surface area (TPSA) is 98.5 Å². The number of hydrogen-bond acceptors (Lipinski definition) is 7. The van der Waals surface area contributed by atoms with E-state index in [-0.39, 0.29) is 18.1 Å². The number of nitrogens with zero attached hydrogens (tertiary/aromatic N) is 2. The third kappa shape index (κ3) is 4.10. The van der Waals surface area contributed by atoms with Crippen LogP contribution in [-0.4, -0.2) is 30.3 Å². The van der Waals surface area contributed by atoms with Crippen LogP contribution in [0.2, 0.25) is 0 Å². The van der Waals surface area contributed by atoms with Crippen LogP contribution in [0, 0.1) is 0 Å². The number of methoxy groups -OCH3 is 2. The molecule has 0 fully saturated rings. The van der Waals surface area contributed by atoms with Gasteiger partial charge in [-0.05, 0) is 36.4 Å². The van der Waals surface area contributed by atoms with E-state index in [0.29, 0.717) is 28.8 Å². The summed E-state index contributed by atoms with van der Waals surface area (Å²) in [6, 6.07) is 12.2. The molecule has 0 unspecified atom stereocenters. The lowest BCUT2D eigenvalue weighted by Crippen LogP contribution is -2.23. The van der Waals surface area contributed by atoms with Gasteiger partial charge in [0.2, 0.25) is 0 Å². The number of nitrogens with one attached hydrogen (secondary N) is 2. The van der Waals surface area contributed by atoms with Crippen molar-refractivity contribution < 1.29 is 18.7 Å². The molecule has 0 radical (unpaired) electrons. The van der Waals surface area contributed by atoms with Gasteiger partial charge in [-0.3, -0.25) is 4.79 Å². The smallest absolute Gasteiger partial charge is 0.272 e. The molecule has 26 heavy (non-hydrogen) atoms. The molecule has 134 valence electrons. The molecule has 2 N–H and O–H groups in total. The number of carbonyl (C=O) groups excluding carboxylic acids is 1. The predicted molar refractivity (Wildman–Crippen MR) is 94.7 cm³/mol. The molecule has 8 nitrogen and oxygen atoms in total. The molecule has 0 bridgehead atoms. The maximum Gasteiger partial charge on any atom is 0.272 e. The summed E-state index contributed by atoms with van der Waals surface area (Å²) in [5, 5.41) is 13.8. The molecule has 0 aliphatic heterocycles. The fourth-order valence-electron chi connectivity index (χ4n) is 2.23. The standard InChI is InChI=1S/C18H18N4O4/c1-24-12-5-6-14(16(10-12)25-2)20-17-8-7-15(21-22-17)18(23)19-11-13-4-3-9-26-13/h3-10H,11H2,1-2H3,(H,19,23)(H,20,22). The van der Waals surface area contributed by atoms with Crippen molar-refractivity contribution in [2.24, 2.45) is 0 Å². The largest absolute Gasteiger partial charge is 0.497 e. The van der Waals surface area contributed by atoms with Gasteiger partial charge in [-0.25, -0.2) is 0 Å². The summed E-state index contributed by atoms with van der Waals surface area (Å²) in [6.45, 7) is 0.288. The van der Waals surface area contributed by atoms with Gasteiger partial charge in [-0.1, -0.05) is 0 Å². The van der Waals surface area contributed by atoms with Crippen LogP contribution in [-0.2, 0) is 6.54 Å². The minimum atomic E-state index is -0.331. The average molecular weight is 354 g/mol. The minimum Gasteiger partial charge on any atom is -0.497 e. The van der Waals surface area contributed by atoms with E-state index in [4.69, 9.17) is 13.9 Å². The Kier molecular flexibility index (Phi) is 5.33. The van der Waals surface area contributed by atoms with Gasteiger partial charge in [-0.15, -0.1) is 10.2 Å². The van der Waals surface area contributed by atoms with Crippen molar-refractivity contribution in [3.8, 4) is 11.5 Å². The van der Waals surface area contributed by atoms with Crippen molar-refractivity contribution in [1.29, 1.82) is 0 Å². The summed E-state index contributed by atoms with van der Waals surface area (Å²) >= 11 is 0. The number of rotatable bonds is 7. The first-order chi connectivity index (χ1) is 12.7. The third-order valence-electron chi connectivity index (χ3n) is 3.57. The molecule has 3 rings (SSSR count). The van der Waals surface area contributed by atoms with E-state index >= 15 is 0 Å². The van der Waals surface area contributed by atoms with Gasteiger partial charge in [0, 0.05) is 6.07 Å². The predicted octanol–water partition coefficient (Wildman–Crippen LogP) is 2.76. The quantitative estimate of drug-likeness (QED) is 0.673. The van der Waals surface area contributed by atoms with E-state index in [9.17, 15) is 4.79 Å². The van der Waals surface area contributed by atoms with Gasteiger partial charge in [-0.2, -0.15) is 0 Å². The second-order valence-electron chi connectivity index (χ2n) is 5.26. The van der Waals surface area contributed by atoms with Crippen molar-refractivity contribution in [3.63, 3.8) is 0 Å². The Morgan fingerprint density at radius 3 is 2.65 bits per heavy atom. The van der Waals surface area contributed by atoms with Crippen molar-refractivity contribution in [3.05, 3.63) is 60.2 Å². The maximum atomic E-state index is 12.1. The van der Waals surface area contributed by atoms with E-state index in [0.717, 1.165) is 0 Å². The number of carbonyl (C=O) groups is 1. The highest BCUT2D eigenvalue weighted by Crippen LogP contribution is 2.30. The Bertz CT molecular complexity index is 863. The van der Waals surface area contributed by atoms with E-state index in [2.05, 4.69) is 20.8 Å². The molecule has 8 heteroatoms. The Hall–Kier alpha value is -3.55. The number of anilines is 2. The maximum absolute atomic E-state index is 12.1. The molecular weight excluding hydrogens is 336 g/mol. The molecule has 0 aliphatic carbocycles. The average Bonchev–Trinajstić information content (AvgIpc) is 3.20. The van der Waals surface area contributed by atoms with E-state index in [1.807, 2.05) is 6.07 Å². The summed E-state index contributed by atoms with van der Waals surface area (Å²) in [5.41, 5.74) is 0.918. The van der Waals surface area contributed by atoms with Crippen molar-refractivity contribution in [2.45, 2.75) is 6.54 Å². The number of furan rings is 1. The number of aromatic nitrogens is 2. The van der Waals surface area contributed by atoms with Crippen LogP contribution in [0.4, 0.5) is 11.5 Å². The SMILES string of the molecule is COc1ccc(Nc2ccc(C(=O)NCc3ccco3)nn2)c(OC)c1. The zero-order valence-electron chi connectivity index (χ0n) is 14.4. The van der Waals surface area contributed by atoms with Crippen molar-refractivity contribution in [1.82, 2.24) is 15.5 Å². The zero-order valence-corrected chi connectivity index (χ0v) is 14.4. The third-order valence-corrected chi connectivity index (χ3v) is 3.57. The van der Waals surface area contributed by atoms with Crippen LogP contribution in [0.3, 0.4) is 0 Å². The molecule has 0 aliphatic rings. The fourth-order valence-corrected chi connectivity index (χ4v) is 2.23. The van der Waals surface area contributed by atoms with Crippen LogP contribution in [0.25, 0.3) is 0 Å². The van der Waals surface area contributed by atoms with Crippen LogP contribution in [0.5, 0.6) is 11.5 Å². The summed E-state index contributed by atoms with van der Waals surface area (Å²) in [4.78, 5) is 12.1. The zero-order chi connectivity index (χ0) is 18.4. The van der Waals surface area contributed by atoms with Crippen LogP contribution in [0.15, 0.2) is 53.1 Å². The lowest BCUT2D eigenvalue weighted by molar-refractivity contribution is 0.0942. The normalized spacial score (nSPS) is 10.2. The van der Waals surface area contributed by atoms with Crippen molar-refractivity contribution in [2.75, 3.05) is 19.5 Å². The van der Waals surface area contributed by atoms with Crippen LogP contribution < -0.4 is 20.1 Å². The monoisotopic (exact) mass is 354 g/mol. The van der Waals surface area contributed by atoms with Crippen LogP contribution in [0.1, 0.15) is 16.2 Å². The van der Waals surface area contributed by atoms with Gasteiger partial charge >= 0.3 is 0 Å². The molecule has 1 amide bonds. The first-order valence-corrected chi connectivity index (χ1v) is 7.83. The molecule has 0 saturated carbocycles. The summed E-state index contributed by atoms with van der Waals surface area (Å²) < 4.78 is 15.7. The molecule has 3 aromatic rings. The van der Waals surface area contributed by atoms with Gasteiger partial charge in [0.25, 0.3) is 5.91 Å². The van der Waals surface area contributed by atoms with Crippen LogP contribution >= 0.6 is 0 Å². The minimum absolute atomic E-state index is 0.212. The molecule has 2 heterocycles. The van der Waals surface area contributed by atoms with E-state index in [1.165, 1.54) is 0 Å². The Morgan fingerprint density at radius 2 is 2.00 bits per heavy atom. The number of benzene rings is 1. The Labute approximate surface area is 150 Å². The number of hydrogen-bond donors (Lipinski definition) is 2.